The monoisotopic (exact) mass is 224 g/mol. The molecule has 2 heterocycles. The predicted octanol–water partition coefficient (Wildman–Crippen LogP) is 0.119. The van der Waals surface area contributed by atoms with Gasteiger partial charge in [-0.05, 0) is 12.1 Å². The molecule has 2 aromatic rings. The van der Waals surface area contributed by atoms with Gasteiger partial charge in [0.1, 0.15) is 4.90 Å². The fraction of sp³-hybridized carbons (Fsp3) is 0. The number of primary sulfonamides is 1. The van der Waals surface area contributed by atoms with Gasteiger partial charge >= 0.3 is 0 Å². The maximum absolute atomic E-state index is 11.3. The van der Waals surface area contributed by atoms with Crippen LogP contribution in [0.1, 0.15) is 0 Å². The lowest BCUT2D eigenvalue weighted by Crippen LogP contribution is -2.13. The number of nitrogens with zero attached hydrogens (tertiary/aromatic N) is 2. The lowest BCUT2D eigenvalue weighted by molar-refractivity contribution is 0.597. The van der Waals surface area contributed by atoms with E-state index in [4.69, 9.17) is 5.14 Å². The molecule has 78 valence electrons. The number of aromatic nitrogens is 3. The molecule has 0 aliphatic heterocycles. The van der Waals surface area contributed by atoms with Gasteiger partial charge in [0.15, 0.2) is 0 Å². The number of sulfonamides is 1. The van der Waals surface area contributed by atoms with Crippen LogP contribution >= 0.6 is 0 Å². The van der Waals surface area contributed by atoms with Gasteiger partial charge in [-0.3, -0.25) is 10.1 Å². The van der Waals surface area contributed by atoms with E-state index in [0.717, 1.165) is 0 Å². The van der Waals surface area contributed by atoms with E-state index in [1.54, 1.807) is 6.20 Å². The van der Waals surface area contributed by atoms with E-state index in [9.17, 15) is 8.42 Å². The summed E-state index contributed by atoms with van der Waals surface area (Å²) in [5.74, 6) is 0. The second-order valence-electron chi connectivity index (χ2n) is 2.88. The summed E-state index contributed by atoms with van der Waals surface area (Å²) in [5.41, 5.74) is 0.883. The second-order valence-corrected chi connectivity index (χ2v) is 4.41. The van der Waals surface area contributed by atoms with Gasteiger partial charge in [0.25, 0.3) is 0 Å². The zero-order chi connectivity index (χ0) is 10.9. The van der Waals surface area contributed by atoms with E-state index in [1.807, 2.05) is 0 Å². The molecule has 0 atom stereocenters. The SMILES string of the molecule is NS(=O)(=O)c1cccnc1-c1cn[nH]c1. The number of rotatable bonds is 2. The van der Waals surface area contributed by atoms with Crippen molar-refractivity contribution in [2.45, 2.75) is 4.90 Å². The Morgan fingerprint density at radius 3 is 2.80 bits per heavy atom. The van der Waals surface area contributed by atoms with Crippen molar-refractivity contribution >= 4 is 10.0 Å². The van der Waals surface area contributed by atoms with Gasteiger partial charge in [0.05, 0.1) is 11.9 Å². The fourth-order valence-electron chi connectivity index (χ4n) is 1.22. The van der Waals surface area contributed by atoms with Crippen LogP contribution in [-0.4, -0.2) is 23.6 Å². The Hall–Kier alpha value is -1.73. The molecular weight excluding hydrogens is 216 g/mol. The first kappa shape index (κ1) is 9.81. The number of aromatic amines is 1. The summed E-state index contributed by atoms with van der Waals surface area (Å²) in [7, 11) is -3.76. The third kappa shape index (κ3) is 1.88. The normalized spacial score (nSPS) is 11.5. The molecule has 15 heavy (non-hydrogen) atoms. The molecule has 2 aromatic heterocycles. The number of nitrogens with one attached hydrogen (secondary N) is 1. The molecule has 0 unspecified atom stereocenters. The van der Waals surface area contributed by atoms with Crippen LogP contribution in [0.3, 0.4) is 0 Å². The van der Waals surface area contributed by atoms with Crippen LogP contribution in [-0.2, 0) is 10.0 Å². The summed E-state index contributed by atoms with van der Waals surface area (Å²) in [6.07, 6.45) is 4.53. The van der Waals surface area contributed by atoms with Gasteiger partial charge < -0.3 is 0 Å². The third-order valence-electron chi connectivity index (χ3n) is 1.85. The lowest BCUT2D eigenvalue weighted by atomic mass is 10.2. The first-order chi connectivity index (χ1) is 7.09. The van der Waals surface area contributed by atoms with E-state index in [0.29, 0.717) is 11.3 Å². The van der Waals surface area contributed by atoms with Crippen molar-refractivity contribution in [2.75, 3.05) is 0 Å². The molecule has 0 spiro atoms. The predicted molar refractivity (Wildman–Crippen MR) is 53.2 cm³/mol. The average molecular weight is 224 g/mol. The maximum atomic E-state index is 11.3. The Morgan fingerprint density at radius 1 is 1.40 bits per heavy atom. The first-order valence-electron chi connectivity index (χ1n) is 4.06. The smallest absolute Gasteiger partial charge is 0.240 e. The number of nitrogens with two attached hydrogens (primary N) is 1. The Labute approximate surface area is 86.2 Å². The van der Waals surface area contributed by atoms with Crippen molar-refractivity contribution in [3.63, 3.8) is 0 Å². The van der Waals surface area contributed by atoms with Crippen molar-refractivity contribution in [3.8, 4) is 11.3 Å². The topological polar surface area (TPSA) is 102 Å². The van der Waals surface area contributed by atoms with E-state index in [-0.39, 0.29) is 4.90 Å². The molecule has 0 aromatic carbocycles. The number of hydrogen-bond acceptors (Lipinski definition) is 4. The highest BCUT2D eigenvalue weighted by Crippen LogP contribution is 2.22. The molecule has 0 fully saturated rings. The zero-order valence-corrected chi connectivity index (χ0v) is 8.40. The van der Waals surface area contributed by atoms with Gasteiger partial charge in [0.2, 0.25) is 10.0 Å². The molecule has 0 saturated carbocycles. The van der Waals surface area contributed by atoms with Crippen molar-refractivity contribution in [1.29, 1.82) is 0 Å². The van der Waals surface area contributed by atoms with Crippen LogP contribution in [0.25, 0.3) is 11.3 Å². The van der Waals surface area contributed by atoms with Gasteiger partial charge in [-0.2, -0.15) is 5.10 Å². The molecule has 2 rings (SSSR count). The maximum Gasteiger partial charge on any atom is 0.240 e. The van der Waals surface area contributed by atoms with Gasteiger partial charge in [0, 0.05) is 18.0 Å². The molecule has 0 bridgehead atoms. The van der Waals surface area contributed by atoms with Crippen LogP contribution in [0.5, 0.6) is 0 Å². The summed E-state index contributed by atoms with van der Waals surface area (Å²) in [4.78, 5) is 3.96. The Balaban J connectivity index is 2.68. The summed E-state index contributed by atoms with van der Waals surface area (Å²) in [6.45, 7) is 0. The largest absolute Gasteiger partial charge is 0.285 e. The van der Waals surface area contributed by atoms with Gasteiger partial charge in [-0.15, -0.1) is 0 Å². The van der Waals surface area contributed by atoms with Gasteiger partial charge in [-0.1, -0.05) is 0 Å². The van der Waals surface area contributed by atoms with Crippen LogP contribution < -0.4 is 5.14 Å². The number of hydrogen-bond donors (Lipinski definition) is 2. The van der Waals surface area contributed by atoms with Crippen molar-refractivity contribution in [1.82, 2.24) is 15.2 Å². The Bertz CT molecular complexity index is 562. The zero-order valence-electron chi connectivity index (χ0n) is 7.58. The van der Waals surface area contributed by atoms with Crippen LogP contribution in [0.2, 0.25) is 0 Å². The third-order valence-corrected chi connectivity index (χ3v) is 2.79. The first-order valence-corrected chi connectivity index (χ1v) is 5.60. The molecule has 6 nitrogen and oxygen atoms in total. The van der Waals surface area contributed by atoms with Crippen molar-refractivity contribution < 1.29 is 8.42 Å². The summed E-state index contributed by atoms with van der Waals surface area (Å²) in [5, 5.41) is 11.4. The van der Waals surface area contributed by atoms with E-state index in [2.05, 4.69) is 15.2 Å². The highest BCUT2D eigenvalue weighted by Gasteiger charge is 2.16. The molecular formula is C8H8N4O2S. The van der Waals surface area contributed by atoms with Crippen LogP contribution in [0.15, 0.2) is 35.6 Å². The highest BCUT2D eigenvalue weighted by molar-refractivity contribution is 7.89. The Kier molecular flexibility index (Phi) is 2.25. The minimum Gasteiger partial charge on any atom is -0.285 e. The summed E-state index contributed by atoms with van der Waals surface area (Å²) >= 11 is 0. The molecule has 0 aliphatic carbocycles. The van der Waals surface area contributed by atoms with Crippen molar-refractivity contribution in [3.05, 3.63) is 30.7 Å². The molecule has 0 radical (unpaired) electrons. The minimum atomic E-state index is -3.76. The Morgan fingerprint density at radius 2 is 2.20 bits per heavy atom. The fourth-order valence-corrected chi connectivity index (χ4v) is 1.93. The molecule has 0 saturated heterocycles. The summed E-state index contributed by atoms with van der Waals surface area (Å²) < 4.78 is 22.5. The van der Waals surface area contributed by atoms with E-state index in [1.165, 1.54) is 24.5 Å². The number of H-pyrrole nitrogens is 1. The van der Waals surface area contributed by atoms with Gasteiger partial charge in [-0.25, -0.2) is 13.6 Å². The molecule has 7 heteroatoms. The molecule has 0 aliphatic rings. The molecule has 0 amide bonds. The lowest BCUT2D eigenvalue weighted by Gasteiger charge is -2.03. The highest BCUT2D eigenvalue weighted by atomic mass is 32.2. The molecule has 3 N–H and O–H groups in total. The summed E-state index contributed by atoms with van der Waals surface area (Å²) in [6, 6.07) is 2.92. The minimum absolute atomic E-state index is 0.00796. The average Bonchev–Trinajstić information content (AvgIpc) is 2.69. The van der Waals surface area contributed by atoms with E-state index >= 15 is 0 Å². The van der Waals surface area contributed by atoms with Crippen LogP contribution in [0.4, 0.5) is 0 Å². The standard InChI is InChI=1S/C8H8N4O2S/c9-15(13,14)7-2-1-3-10-8(7)6-4-11-12-5-6/h1-5H,(H,11,12)(H2,9,13,14). The van der Waals surface area contributed by atoms with E-state index < -0.39 is 10.0 Å². The second kappa shape index (κ2) is 3.44. The van der Waals surface area contributed by atoms with Crippen molar-refractivity contribution in [2.24, 2.45) is 5.14 Å². The van der Waals surface area contributed by atoms with Crippen LogP contribution in [0, 0.1) is 0 Å². The quantitative estimate of drug-likeness (QED) is 0.756. The number of pyridine rings is 1.